The average molecular weight is 174 g/mol. The maximum Gasteiger partial charge on any atom is 0.265 e. The van der Waals surface area contributed by atoms with Gasteiger partial charge in [0, 0.05) is 10.9 Å². The number of hydrogen-bond acceptors (Lipinski definition) is 1. The Morgan fingerprint density at radius 3 is 2.85 bits per heavy atom. The van der Waals surface area contributed by atoms with Crippen LogP contribution < -0.4 is 5.73 Å². The number of nitrogens with two attached hydrogens (primary N) is 1. The van der Waals surface area contributed by atoms with Crippen molar-refractivity contribution in [3.8, 4) is 0 Å². The average Bonchev–Trinajstić information content (AvgIpc) is 2.46. The third-order valence-electron chi connectivity index (χ3n) is 2.04. The molecule has 0 unspecified atom stereocenters. The molecular formula is C10H10N2O. The molecule has 1 heterocycles. The molecule has 0 spiro atoms. The van der Waals surface area contributed by atoms with Crippen molar-refractivity contribution in [1.82, 2.24) is 4.98 Å². The lowest BCUT2D eigenvalue weighted by Crippen LogP contribution is -2.10. The van der Waals surface area contributed by atoms with Gasteiger partial charge in [0.1, 0.15) is 5.69 Å². The quantitative estimate of drug-likeness (QED) is 0.677. The molecule has 0 saturated carbocycles. The molecule has 0 saturated heterocycles. The Kier molecular flexibility index (Phi) is 1.59. The lowest BCUT2D eigenvalue weighted by molar-refractivity contribution is 0.0996. The molecule has 1 amide bonds. The molecular weight excluding hydrogens is 164 g/mol. The Morgan fingerprint density at radius 2 is 2.15 bits per heavy atom. The number of benzene rings is 1. The number of aromatic amines is 1. The van der Waals surface area contributed by atoms with Crippen molar-refractivity contribution in [3.05, 3.63) is 35.5 Å². The minimum Gasteiger partial charge on any atom is -0.364 e. The van der Waals surface area contributed by atoms with Crippen LogP contribution >= 0.6 is 0 Å². The molecule has 0 atom stereocenters. The molecule has 66 valence electrons. The van der Waals surface area contributed by atoms with Crippen molar-refractivity contribution in [2.75, 3.05) is 0 Å². The van der Waals surface area contributed by atoms with Crippen molar-refractivity contribution in [3.63, 3.8) is 0 Å². The standard InChI is InChI=1S/C10H10N2O/c1-6-2-3-8-7(4-6)5-9(12-8)10(11)13/h2-5,12H,1H3,(H2,11,13). The Hall–Kier alpha value is -1.77. The summed E-state index contributed by atoms with van der Waals surface area (Å²) in [4.78, 5) is 13.8. The summed E-state index contributed by atoms with van der Waals surface area (Å²) in [6.07, 6.45) is 0. The number of nitrogens with one attached hydrogen (secondary N) is 1. The first-order valence-corrected chi connectivity index (χ1v) is 4.06. The Morgan fingerprint density at radius 1 is 1.38 bits per heavy atom. The van der Waals surface area contributed by atoms with Gasteiger partial charge in [0.15, 0.2) is 0 Å². The molecule has 0 fully saturated rings. The fourth-order valence-electron chi connectivity index (χ4n) is 1.38. The predicted molar refractivity (Wildman–Crippen MR) is 51.6 cm³/mol. The smallest absolute Gasteiger partial charge is 0.265 e. The number of rotatable bonds is 1. The minimum atomic E-state index is -0.422. The van der Waals surface area contributed by atoms with Crippen LogP contribution in [0.1, 0.15) is 16.1 Å². The number of hydrogen-bond donors (Lipinski definition) is 2. The summed E-state index contributed by atoms with van der Waals surface area (Å²) in [6.45, 7) is 2.01. The van der Waals surface area contributed by atoms with E-state index in [1.165, 1.54) is 5.56 Å². The third-order valence-corrected chi connectivity index (χ3v) is 2.04. The van der Waals surface area contributed by atoms with E-state index in [0.717, 1.165) is 10.9 Å². The summed E-state index contributed by atoms with van der Waals surface area (Å²) in [5, 5.41) is 1.02. The lowest BCUT2D eigenvalue weighted by Gasteiger charge is -1.90. The van der Waals surface area contributed by atoms with Gasteiger partial charge >= 0.3 is 0 Å². The van der Waals surface area contributed by atoms with Crippen molar-refractivity contribution >= 4 is 16.8 Å². The second kappa shape index (κ2) is 2.62. The van der Waals surface area contributed by atoms with Crippen LogP contribution in [0.3, 0.4) is 0 Å². The van der Waals surface area contributed by atoms with E-state index in [-0.39, 0.29) is 0 Å². The first-order chi connectivity index (χ1) is 6.16. The molecule has 0 radical (unpaired) electrons. The number of carbonyl (C=O) groups excluding carboxylic acids is 1. The van der Waals surface area contributed by atoms with Crippen molar-refractivity contribution in [1.29, 1.82) is 0 Å². The van der Waals surface area contributed by atoms with Crippen LogP contribution in [0.2, 0.25) is 0 Å². The van der Waals surface area contributed by atoms with E-state index < -0.39 is 5.91 Å². The number of primary amides is 1. The fourth-order valence-corrected chi connectivity index (χ4v) is 1.38. The molecule has 0 aliphatic rings. The van der Waals surface area contributed by atoms with Crippen LogP contribution in [-0.2, 0) is 0 Å². The summed E-state index contributed by atoms with van der Waals surface area (Å²) in [5.74, 6) is -0.422. The number of H-pyrrole nitrogens is 1. The van der Waals surface area contributed by atoms with E-state index >= 15 is 0 Å². The summed E-state index contributed by atoms with van der Waals surface area (Å²) in [5.41, 5.74) is 7.72. The number of aryl methyl sites for hydroxylation is 1. The normalized spacial score (nSPS) is 10.5. The van der Waals surface area contributed by atoms with Gasteiger partial charge in [0.05, 0.1) is 0 Å². The van der Waals surface area contributed by atoms with E-state index in [2.05, 4.69) is 4.98 Å². The van der Waals surface area contributed by atoms with Crippen LogP contribution in [0.5, 0.6) is 0 Å². The zero-order valence-electron chi connectivity index (χ0n) is 7.29. The summed E-state index contributed by atoms with van der Waals surface area (Å²) >= 11 is 0. The SMILES string of the molecule is Cc1ccc2[nH]c(C(N)=O)cc2c1. The van der Waals surface area contributed by atoms with Gasteiger partial charge in [-0.25, -0.2) is 0 Å². The molecule has 0 bridgehead atoms. The van der Waals surface area contributed by atoms with E-state index in [0.29, 0.717) is 5.69 Å². The van der Waals surface area contributed by atoms with Gasteiger partial charge in [0.2, 0.25) is 0 Å². The third kappa shape index (κ3) is 1.28. The molecule has 2 rings (SSSR count). The van der Waals surface area contributed by atoms with Gasteiger partial charge in [-0.1, -0.05) is 11.6 Å². The van der Waals surface area contributed by atoms with Crippen LogP contribution in [0.15, 0.2) is 24.3 Å². The zero-order chi connectivity index (χ0) is 9.42. The molecule has 1 aromatic heterocycles. The largest absolute Gasteiger partial charge is 0.364 e. The van der Waals surface area contributed by atoms with E-state index in [9.17, 15) is 4.79 Å². The van der Waals surface area contributed by atoms with Gasteiger partial charge in [-0.15, -0.1) is 0 Å². The van der Waals surface area contributed by atoms with E-state index in [4.69, 9.17) is 5.73 Å². The monoisotopic (exact) mass is 174 g/mol. The summed E-state index contributed by atoms with van der Waals surface area (Å²) < 4.78 is 0. The van der Waals surface area contributed by atoms with Gasteiger partial charge < -0.3 is 10.7 Å². The highest BCUT2D eigenvalue weighted by Gasteiger charge is 2.04. The molecule has 3 nitrogen and oxygen atoms in total. The van der Waals surface area contributed by atoms with Gasteiger partial charge in [-0.05, 0) is 25.1 Å². The highest BCUT2D eigenvalue weighted by molar-refractivity contribution is 5.97. The van der Waals surface area contributed by atoms with Crippen LogP contribution in [0.4, 0.5) is 0 Å². The highest BCUT2D eigenvalue weighted by Crippen LogP contribution is 2.16. The fraction of sp³-hybridized carbons (Fsp3) is 0.100. The van der Waals surface area contributed by atoms with E-state index in [1.807, 2.05) is 25.1 Å². The molecule has 0 aliphatic carbocycles. The van der Waals surface area contributed by atoms with Crippen molar-refractivity contribution < 1.29 is 4.79 Å². The highest BCUT2D eigenvalue weighted by atomic mass is 16.1. The lowest BCUT2D eigenvalue weighted by atomic mass is 10.2. The molecule has 2 aromatic rings. The Labute approximate surface area is 75.6 Å². The van der Waals surface area contributed by atoms with Gasteiger partial charge in [-0.2, -0.15) is 0 Å². The van der Waals surface area contributed by atoms with Gasteiger partial charge in [0.25, 0.3) is 5.91 Å². The first-order valence-electron chi connectivity index (χ1n) is 4.06. The minimum absolute atomic E-state index is 0.422. The molecule has 0 aliphatic heterocycles. The molecule has 3 N–H and O–H groups in total. The van der Waals surface area contributed by atoms with Crippen LogP contribution in [-0.4, -0.2) is 10.9 Å². The zero-order valence-corrected chi connectivity index (χ0v) is 7.29. The Bertz CT molecular complexity index is 471. The van der Waals surface area contributed by atoms with Crippen molar-refractivity contribution in [2.24, 2.45) is 5.73 Å². The maximum atomic E-state index is 10.8. The van der Waals surface area contributed by atoms with E-state index in [1.54, 1.807) is 6.07 Å². The van der Waals surface area contributed by atoms with Crippen molar-refractivity contribution in [2.45, 2.75) is 6.92 Å². The topological polar surface area (TPSA) is 58.9 Å². The van der Waals surface area contributed by atoms with Crippen LogP contribution in [0.25, 0.3) is 10.9 Å². The predicted octanol–water partition coefficient (Wildman–Crippen LogP) is 1.58. The Balaban J connectivity index is 2.68. The number of fused-ring (bicyclic) bond motifs is 1. The second-order valence-electron chi connectivity index (χ2n) is 3.14. The molecule has 1 aromatic carbocycles. The van der Waals surface area contributed by atoms with Gasteiger partial charge in [-0.3, -0.25) is 4.79 Å². The van der Waals surface area contributed by atoms with Crippen LogP contribution in [0, 0.1) is 6.92 Å². The summed E-state index contributed by atoms with van der Waals surface area (Å²) in [6, 6.07) is 7.71. The number of carbonyl (C=O) groups is 1. The summed E-state index contributed by atoms with van der Waals surface area (Å²) in [7, 11) is 0. The molecule has 3 heteroatoms. The maximum absolute atomic E-state index is 10.8. The number of aromatic nitrogens is 1. The molecule has 13 heavy (non-hydrogen) atoms. The second-order valence-corrected chi connectivity index (χ2v) is 3.14. The number of amides is 1. The first kappa shape index (κ1) is 7.86.